The maximum absolute atomic E-state index is 12.9. The molecule has 28 heavy (non-hydrogen) atoms. The van der Waals surface area contributed by atoms with E-state index >= 15 is 0 Å². The van der Waals surface area contributed by atoms with Gasteiger partial charge in [-0.25, -0.2) is 4.98 Å². The first-order valence-corrected chi connectivity index (χ1v) is 7.95. The van der Waals surface area contributed by atoms with E-state index in [-0.39, 0.29) is 12.6 Å². The number of hydrogen-bond donors (Lipinski definition) is 1. The van der Waals surface area contributed by atoms with Crippen LogP contribution in [0.15, 0.2) is 42.7 Å². The fraction of sp³-hybridized carbons (Fsp3) is 0.222. The van der Waals surface area contributed by atoms with Gasteiger partial charge in [0.25, 0.3) is 5.91 Å². The first-order chi connectivity index (χ1) is 12.9. The van der Waals surface area contributed by atoms with E-state index in [1.54, 1.807) is 22.9 Å². The highest BCUT2D eigenvalue weighted by Gasteiger charge is 2.37. The van der Waals surface area contributed by atoms with Crippen molar-refractivity contribution in [2.24, 2.45) is 0 Å². The predicted molar refractivity (Wildman–Crippen MR) is 87.5 cm³/mol. The first kappa shape index (κ1) is 19.7. The van der Waals surface area contributed by atoms with Gasteiger partial charge in [0.2, 0.25) is 0 Å². The SMILES string of the molecule is Cc1ccc2nc(CNC(=O)c3cc(C(F)(F)F)cc(C(F)(F)F)c3)cn2c1. The summed E-state index contributed by atoms with van der Waals surface area (Å²) in [5.74, 6) is -1.06. The number of amides is 1. The van der Waals surface area contributed by atoms with Gasteiger partial charge >= 0.3 is 12.4 Å². The summed E-state index contributed by atoms with van der Waals surface area (Å²) < 4.78 is 79.0. The van der Waals surface area contributed by atoms with Crippen LogP contribution in [0.2, 0.25) is 0 Å². The maximum Gasteiger partial charge on any atom is 0.416 e. The second-order valence-electron chi connectivity index (χ2n) is 6.18. The van der Waals surface area contributed by atoms with Crippen molar-refractivity contribution in [3.63, 3.8) is 0 Å². The van der Waals surface area contributed by atoms with Crippen molar-refractivity contribution in [3.05, 3.63) is 70.7 Å². The molecule has 3 aromatic rings. The standard InChI is InChI=1S/C18H13F6N3O/c1-10-2-3-15-26-14(9-27(15)8-10)7-25-16(28)11-4-12(17(19,20)21)6-13(5-11)18(22,23)24/h2-6,8-9H,7H2,1H3,(H,25,28). The first-order valence-electron chi connectivity index (χ1n) is 7.95. The van der Waals surface area contributed by atoms with Crippen LogP contribution < -0.4 is 5.32 Å². The fourth-order valence-corrected chi connectivity index (χ4v) is 2.60. The molecule has 1 amide bonds. The summed E-state index contributed by atoms with van der Waals surface area (Å²) in [7, 11) is 0. The summed E-state index contributed by atoms with van der Waals surface area (Å²) in [5.41, 5.74) is -1.87. The topological polar surface area (TPSA) is 46.4 Å². The number of alkyl halides is 6. The van der Waals surface area contributed by atoms with Crippen LogP contribution in [0.4, 0.5) is 26.3 Å². The Bertz CT molecular complexity index is 1000. The summed E-state index contributed by atoms with van der Waals surface area (Å²) in [6.07, 6.45) is -6.64. The highest BCUT2D eigenvalue weighted by atomic mass is 19.4. The van der Waals surface area contributed by atoms with Gasteiger partial charge < -0.3 is 9.72 Å². The van der Waals surface area contributed by atoms with Crippen LogP contribution in [-0.2, 0) is 18.9 Å². The Morgan fingerprint density at radius 2 is 1.61 bits per heavy atom. The van der Waals surface area contributed by atoms with E-state index in [9.17, 15) is 31.1 Å². The van der Waals surface area contributed by atoms with Crippen molar-refractivity contribution in [1.29, 1.82) is 0 Å². The molecule has 0 bridgehead atoms. The van der Waals surface area contributed by atoms with E-state index in [0.29, 0.717) is 23.5 Å². The number of halogens is 6. The Labute approximate surface area is 154 Å². The third-order valence-corrected chi connectivity index (χ3v) is 3.93. The number of carbonyl (C=O) groups excluding carboxylic acids is 1. The number of aryl methyl sites for hydroxylation is 1. The van der Waals surface area contributed by atoms with Gasteiger partial charge in [-0.05, 0) is 36.8 Å². The van der Waals surface area contributed by atoms with Crippen LogP contribution in [0.1, 0.15) is 32.7 Å². The van der Waals surface area contributed by atoms with Crippen LogP contribution in [-0.4, -0.2) is 15.3 Å². The van der Waals surface area contributed by atoms with Crippen molar-refractivity contribution in [3.8, 4) is 0 Å². The largest absolute Gasteiger partial charge is 0.416 e. The van der Waals surface area contributed by atoms with Gasteiger partial charge in [-0.15, -0.1) is 0 Å². The molecule has 0 saturated heterocycles. The van der Waals surface area contributed by atoms with E-state index in [2.05, 4.69) is 10.3 Å². The Morgan fingerprint density at radius 1 is 1.00 bits per heavy atom. The zero-order valence-electron chi connectivity index (χ0n) is 14.3. The lowest BCUT2D eigenvalue weighted by Crippen LogP contribution is -2.24. The third-order valence-electron chi connectivity index (χ3n) is 3.93. The molecule has 148 valence electrons. The number of carbonyl (C=O) groups is 1. The zero-order valence-corrected chi connectivity index (χ0v) is 14.3. The monoisotopic (exact) mass is 401 g/mol. The number of aromatic nitrogens is 2. The van der Waals surface area contributed by atoms with E-state index in [4.69, 9.17) is 0 Å². The summed E-state index contributed by atoms with van der Waals surface area (Å²) in [4.78, 5) is 16.4. The van der Waals surface area contributed by atoms with Crippen molar-refractivity contribution in [2.75, 3.05) is 0 Å². The molecular weight excluding hydrogens is 388 g/mol. The van der Waals surface area contributed by atoms with E-state index in [1.807, 2.05) is 13.0 Å². The molecule has 0 fully saturated rings. The maximum atomic E-state index is 12.9. The average Bonchev–Trinajstić information content (AvgIpc) is 2.99. The number of pyridine rings is 1. The summed E-state index contributed by atoms with van der Waals surface area (Å²) in [5, 5.41) is 2.30. The van der Waals surface area contributed by atoms with Crippen LogP contribution in [0, 0.1) is 6.92 Å². The number of imidazole rings is 1. The van der Waals surface area contributed by atoms with Gasteiger partial charge in [0.05, 0.1) is 23.4 Å². The molecule has 0 aliphatic heterocycles. The van der Waals surface area contributed by atoms with Crippen molar-refractivity contribution in [2.45, 2.75) is 25.8 Å². The minimum Gasteiger partial charge on any atom is -0.346 e. The van der Waals surface area contributed by atoms with Gasteiger partial charge in [-0.3, -0.25) is 4.79 Å². The molecule has 2 aromatic heterocycles. The van der Waals surface area contributed by atoms with Gasteiger partial charge in [-0.2, -0.15) is 26.3 Å². The molecule has 0 saturated carbocycles. The second-order valence-corrected chi connectivity index (χ2v) is 6.18. The fourth-order valence-electron chi connectivity index (χ4n) is 2.60. The molecule has 0 aliphatic carbocycles. The molecule has 0 unspecified atom stereocenters. The number of nitrogens with one attached hydrogen (secondary N) is 1. The zero-order chi connectivity index (χ0) is 20.7. The minimum atomic E-state index is -5.02. The normalized spacial score (nSPS) is 12.4. The molecule has 0 spiro atoms. The van der Waals surface area contributed by atoms with Gasteiger partial charge in [0.1, 0.15) is 5.65 Å². The lowest BCUT2D eigenvalue weighted by molar-refractivity contribution is -0.143. The molecule has 0 atom stereocenters. The van der Waals surface area contributed by atoms with Crippen LogP contribution in [0.5, 0.6) is 0 Å². The van der Waals surface area contributed by atoms with Crippen molar-refractivity contribution in [1.82, 2.24) is 14.7 Å². The Morgan fingerprint density at radius 3 is 2.18 bits per heavy atom. The molecule has 1 aromatic carbocycles. The van der Waals surface area contributed by atoms with Crippen LogP contribution in [0.3, 0.4) is 0 Å². The Hall–Kier alpha value is -3.04. The van der Waals surface area contributed by atoms with Gasteiger partial charge in [-0.1, -0.05) is 6.07 Å². The van der Waals surface area contributed by atoms with E-state index in [0.717, 1.165) is 5.56 Å². The molecular formula is C18H13F6N3O. The third kappa shape index (κ3) is 4.26. The average molecular weight is 401 g/mol. The van der Waals surface area contributed by atoms with Crippen molar-refractivity contribution < 1.29 is 31.1 Å². The second kappa shape index (κ2) is 6.84. The number of nitrogens with zero attached hydrogens (tertiary/aromatic N) is 2. The highest BCUT2D eigenvalue weighted by molar-refractivity contribution is 5.94. The number of fused-ring (bicyclic) bond motifs is 1. The number of hydrogen-bond acceptors (Lipinski definition) is 2. The predicted octanol–water partition coefficient (Wildman–Crippen LogP) is 4.61. The van der Waals surface area contributed by atoms with Crippen molar-refractivity contribution >= 4 is 11.6 Å². The Balaban J connectivity index is 1.84. The molecule has 0 radical (unpaired) electrons. The minimum absolute atomic E-state index is 0.0266. The van der Waals surface area contributed by atoms with Crippen LogP contribution in [0.25, 0.3) is 5.65 Å². The Kier molecular flexibility index (Phi) is 4.82. The summed E-state index contributed by atoms with van der Waals surface area (Å²) in [6.45, 7) is 1.71. The molecule has 1 N–H and O–H groups in total. The van der Waals surface area contributed by atoms with Gasteiger partial charge in [0.15, 0.2) is 0 Å². The van der Waals surface area contributed by atoms with E-state index in [1.165, 1.54) is 0 Å². The summed E-state index contributed by atoms with van der Waals surface area (Å²) >= 11 is 0. The van der Waals surface area contributed by atoms with E-state index < -0.39 is 35.0 Å². The molecule has 4 nitrogen and oxygen atoms in total. The molecule has 2 heterocycles. The van der Waals surface area contributed by atoms with Gasteiger partial charge in [0, 0.05) is 18.0 Å². The quantitative estimate of drug-likeness (QED) is 0.652. The number of rotatable bonds is 3. The molecule has 3 rings (SSSR count). The summed E-state index contributed by atoms with van der Waals surface area (Å²) in [6, 6.07) is 4.31. The lowest BCUT2D eigenvalue weighted by Gasteiger charge is -2.14. The highest BCUT2D eigenvalue weighted by Crippen LogP contribution is 2.36. The number of benzene rings is 1. The molecule has 0 aliphatic rings. The smallest absolute Gasteiger partial charge is 0.346 e. The lowest BCUT2D eigenvalue weighted by atomic mass is 10.0. The van der Waals surface area contributed by atoms with Crippen LogP contribution >= 0.6 is 0 Å². The molecule has 10 heteroatoms.